The molecular formula is C14H13FN2O3. The summed E-state index contributed by atoms with van der Waals surface area (Å²) in [5.41, 5.74) is 0.677. The standard InChI is InChI=1S/C14H13FN2O3/c1-2-11(14(19)20)17-13(18)9-5-8-3-4-10(15)6-12(8)16-7-9/h3-7,11H,2H2,1H3,(H,17,18)(H,19,20). The highest BCUT2D eigenvalue weighted by Crippen LogP contribution is 2.14. The normalized spacial score (nSPS) is 12.1. The molecule has 0 aliphatic heterocycles. The van der Waals surface area contributed by atoms with Gasteiger partial charge < -0.3 is 10.4 Å². The van der Waals surface area contributed by atoms with Crippen LogP contribution in [0.4, 0.5) is 4.39 Å². The lowest BCUT2D eigenvalue weighted by molar-refractivity contribution is -0.139. The average Bonchev–Trinajstić information content (AvgIpc) is 2.43. The maximum Gasteiger partial charge on any atom is 0.326 e. The quantitative estimate of drug-likeness (QED) is 0.894. The van der Waals surface area contributed by atoms with Gasteiger partial charge in [-0.1, -0.05) is 6.92 Å². The molecule has 0 spiro atoms. The van der Waals surface area contributed by atoms with Gasteiger partial charge in [0.05, 0.1) is 11.1 Å². The highest BCUT2D eigenvalue weighted by molar-refractivity contribution is 5.99. The summed E-state index contributed by atoms with van der Waals surface area (Å²) >= 11 is 0. The molecule has 0 bridgehead atoms. The summed E-state index contributed by atoms with van der Waals surface area (Å²) in [4.78, 5) is 26.8. The predicted molar refractivity (Wildman–Crippen MR) is 70.9 cm³/mol. The molecule has 0 aliphatic rings. The molecule has 1 unspecified atom stereocenters. The number of carbonyl (C=O) groups is 2. The average molecular weight is 276 g/mol. The molecule has 2 N–H and O–H groups in total. The Kier molecular flexibility index (Phi) is 3.93. The second-order valence-corrected chi connectivity index (χ2v) is 4.33. The number of amides is 1. The smallest absolute Gasteiger partial charge is 0.326 e. The van der Waals surface area contributed by atoms with Gasteiger partial charge in [-0.05, 0) is 24.6 Å². The van der Waals surface area contributed by atoms with Crippen molar-refractivity contribution in [1.82, 2.24) is 10.3 Å². The summed E-state index contributed by atoms with van der Waals surface area (Å²) < 4.78 is 13.0. The highest BCUT2D eigenvalue weighted by Gasteiger charge is 2.18. The summed E-state index contributed by atoms with van der Waals surface area (Å²) in [5, 5.41) is 11.9. The molecule has 0 aliphatic carbocycles. The van der Waals surface area contributed by atoms with E-state index in [2.05, 4.69) is 10.3 Å². The number of halogens is 1. The zero-order valence-corrected chi connectivity index (χ0v) is 10.8. The zero-order chi connectivity index (χ0) is 14.7. The number of carboxylic acids is 1. The van der Waals surface area contributed by atoms with Gasteiger partial charge in [0, 0.05) is 17.6 Å². The molecule has 1 amide bonds. The lowest BCUT2D eigenvalue weighted by Crippen LogP contribution is -2.40. The van der Waals surface area contributed by atoms with Crippen molar-refractivity contribution in [3.63, 3.8) is 0 Å². The number of pyridine rings is 1. The number of aliphatic carboxylic acids is 1. The van der Waals surface area contributed by atoms with Gasteiger partial charge in [-0.3, -0.25) is 9.78 Å². The fourth-order valence-corrected chi connectivity index (χ4v) is 1.80. The van der Waals surface area contributed by atoms with Crippen molar-refractivity contribution in [1.29, 1.82) is 0 Å². The summed E-state index contributed by atoms with van der Waals surface area (Å²) in [6, 6.07) is 4.67. The third-order valence-corrected chi connectivity index (χ3v) is 2.92. The Balaban J connectivity index is 2.26. The van der Waals surface area contributed by atoms with Crippen molar-refractivity contribution in [2.75, 3.05) is 0 Å². The Morgan fingerprint density at radius 1 is 1.40 bits per heavy atom. The van der Waals surface area contributed by atoms with Crippen molar-refractivity contribution in [3.05, 3.63) is 41.8 Å². The topological polar surface area (TPSA) is 79.3 Å². The number of benzene rings is 1. The molecule has 2 aromatic rings. The number of carbonyl (C=O) groups excluding carboxylic acids is 1. The number of hydrogen-bond acceptors (Lipinski definition) is 3. The molecule has 0 saturated carbocycles. The summed E-state index contributed by atoms with van der Waals surface area (Å²) in [6.07, 6.45) is 1.58. The van der Waals surface area contributed by atoms with Gasteiger partial charge >= 0.3 is 5.97 Å². The van der Waals surface area contributed by atoms with E-state index in [1.807, 2.05) is 0 Å². The van der Waals surface area contributed by atoms with Gasteiger partial charge in [0.25, 0.3) is 5.91 Å². The van der Waals surface area contributed by atoms with Crippen molar-refractivity contribution in [2.24, 2.45) is 0 Å². The number of carboxylic acid groups (broad SMARTS) is 1. The van der Waals surface area contributed by atoms with Gasteiger partial charge in [-0.25, -0.2) is 9.18 Å². The van der Waals surface area contributed by atoms with E-state index in [4.69, 9.17) is 5.11 Å². The number of hydrogen-bond donors (Lipinski definition) is 2. The Morgan fingerprint density at radius 3 is 2.80 bits per heavy atom. The lowest BCUT2D eigenvalue weighted by Gasteiger charge is -2.12. The van der Waals surface area contributed by atoms with Crippen LogP contribution in [0.3, 0.4) is 0 Å². The first-order valence-corrected chi connectivity index (χ1v) is 6.10. The third-order valence-electron chi connectivity index (χ3n) is 2.92. The minimum absolute atomic E-state index is 0.240. The van der Waals surface area contributed by atoms with Crippen molar-refractivity contribution in [3.8, 4) is 0 Å². The van der Waals surface area contributed by atoms with Crippen LogP contribution in [0.1, 0.15) is 23.7 Å². The van der Waals surface area contributed by atoms with Crippen LogP contribution in [-0.4, -0.2) is 28.0 Å². The van der Waals surface area contributed by atoms with Crippen LogP contribution in [0.2, 0.25) is 0 Å². The van der Waals surface area contributed by atoms with Crippen LogP contribution in [0.25, 0.3) is 10.9 Å². The predicted octanol–water partition coefficient (Wildman–Crippen LogP) is 1.97. The molecule has 5 nitrogen and oxygen atoms in total. The van der Waals surface area contributed by atoms with E-state index in [9.17, 15) is 14.0 Å². The third kappa shape index (κ3) is 2.90. The Hall–Kier alpha value is -2.50. The van der Waals surface area contributed by atoms with Crippen LogP contribution in [-0.2, 0) is 4.79 Å². The molecule has 1 aromatic carbocycles. The Labute approximate surface area is 114 Å². The molecule has 0 saturated heterocycles. The first-order chi connectivity index (χ1) is 9.51. The number of fused-ring (bicyclic) bond motifs is 1. The van der Waals surface area contributed by atoms with Crippen molar-refractivity contribution in [2.45, 2.75) is 19.4 Å². The van der Waals surface area contributed by atoms with E-state index in [-0.39, 0.29) is 12.0 Å². The molecule has 1 atom stereocenters. The van der Waals surface area contributed by atoms with Crippen LogP contribution in [0, 0.1) is 5.82 Å². The van der Waals surface area contributed by atoms with E-state index in [0.717, 1.165) is 0 Å². The van der Waals surface area contributed by atoms with E-state index >= 15 is 0 Å². The van der Waals surface area contributed by atoms with Crippen LogP contribution < -0.4 is 5.32 Å². The van der Waals surface area contributed by atoms with E-state index < -0.39 is 23.7 Å². The monoisotopic (exact) mass is 276 g/mol. The van der Waals surface area contributed by atoms with Gasteiger partial charge in [-0.2, -0.15) is 0 Å². The van der Waals surface area contributed by atoms with Crippen LogP contribution in [0.5, 0.6) is 0 Å². The second-order valence-electron chi connectivity index (χ2n) is 4.33. The van der Waals surface area contributed by atoms with E-state index in [1.54, 1.807) is 13.0 Å². The molecule has 2 rings (SSSR count). The number of nitrogens with one attached hydrogen (secondary N) is 1. The van der Waals surface area contributed by atoms with Crippen LogP contribution in [0.15, 0.2) is 30.5 Å². The SMILES string of the molecule is CCC(NC(=O)c1cnc2cc(F)ccc2c1)C(=O)O. The Morgan fingerprint density at radius 2 is 2.15 bits per heavy atom. The molecular weight excluding hydrogens is 263 g/mol. The van der Waals surface area contributed by atoms with Gasteiger partial charge in [0.2, 0.25) is 0 Å². The molecule has 104 valence electrons. The molecule has 6 heteroatoms. The van der Waals surface area contributed by atoms with Gasteiger partial charge in [0.15, 0.2) is 0 Å². The molecule has 0 fully saturated rings. The fraction of sp³-hybridized carbons (Fsp3) is 0.214. The minimum atomic E-state index is -1.09. The Bertz CT molecular complexity index is 673. The number of aromatic nitrogens is 1. The number of nitrogens with zero attached hydrogens (tertiary/aromatic N) is 1. The molecule has 0 radical (unpaired) electrons. The van der Waals surface area contributed by atoms with Gasteiger partial charge in [-0.15, -0.1) is 0 Å². The first-order valence-electron chi connectivity index (χ1n) is 6.10. The summed E-state index contributed by atoms with van der Waals surface area (Å²) in [5.74, 6) is -2.01. The van der Waals surface area contributed by atoms with Crippen molar-refractivity contribution < 1.29 is 19.1 Å². The molecule has 1 aromatic heterocycles. The minimum Gasteiger partial charge on any atom is -0.480 e. The number of rotatable bonds is 4. The maximum atomic E-state index is 13.0. The fourth-order valence-electron chi connectivity index (χ4n) is 1.80. The zero-order valence-electron chi connectivity index (χ0n) is 10.8. The molecule has 1 heterocycles. The molecule has 20 heavy (non-hydrogen) atoms. The van der Waals surface area contributed by atoms with E-state index in [0.29, 0.717) is 10.9 Å². The second kappa shape index (κ2) is 5.64. The first kappa shape index (κ1) is 13.9. The summed E-state index contributed by atoms with van der Waals surface area (Å²) in [6.45, 7) is 1.67. The van der Waals surface area contributed by atoms with Crippen molar-refractivity contribution >= 4 is 22.8 Å². The van der Waals surface area contributed by atoms with Gasteiger partial charge in [0.1, 0.15) is 11.9 Å². The lowest BCUT2D eigenvalue weighted by atomic mass is 10.1. The highest BCUT2D eigenvalue weighted by atomic mass is 19.1. The van der Waals surface area contributed by atoms with Crippen LogP contribution >= 0.6 is 0 Å². The largest absolute Gasteiger partial charge is 0.480 e. The maximum absolute atomic E-state index is 13.0. The summed E-state index contributed by atoms with van der Waals surface area (Å²) in [7, 11) is 0. The van der Waals surface area contributed by atoms with E-state index in [1.165, 1.54) is 24.4 Å².